The van der Waals surface area contributed by atoms with Gasteiger partial charge in [-0.2, -0.15) is 0 Å². The van der Waals surface area contributed by atoms with Crippen LogP contribution in [0.4, 0.5) is 11.6 Å². The Balaban J connectivity index is 2.05. The molecule has 4 nitrogen and oxygen atoms in total. The molecule has 0 aliphatic carbocycles. The van der Waals surface area contributed by atoms with Gasteiger partial charge >= 0.3 is 0 Å². The first kappa shape index (κ1) is 15.8. The van der Waals surface area contributed by atoms with Crippen molar-refractivity contribution in [2.24, 2.45) is 0 Å². The van der Waals surface area contributed by atoms with E-state index in [1.54, 1.807) is 0 Å². The Kier molecular flexibility index (Phi) is 5.99. The van der Waals surface area contributed by atoms with Crippen molar-refractivity contribution in [1.29, 1.82) is 0 Å². The lowest BCUT2D eigenvalue weighted by Gasteiger charge is -2.19. The van der Waals surface area contributed by atoms with Crippen molar-refractivity contribution < 1.29 is 0 Å². The third-order valence-electron chi connectivity index (χ3n) is 3.30. The second-order valence-corrected chi connectivity index (χ2v) is 6.09. The Hall–Kier alpha value is -1.62. The van der Waals surface area contributed by atoms with Crippen molar-refractivity contribution in [1.82, 2.24) is 9.97 Å². The van der Waals surface area contributed by atoms with Gasteiger partial charge in [0.25, 0.3) is 0 Å². The Labute approximate surface area is 131 Å². The Morgan fingerprint density at radius 3 is 2.81 bits per heavy atom. The lowest BCUT2D eigenvalue weighted by Crippen LogP contribution is -2.22. The molecule has 0 bridgehead atoms. The summed E-state index contributed by atoms with van der Waals surface area (Å²) in [5.41, 5.74) is 0. The summed E-state index contributed by atoms with van der Waals surface area (Å²) >= 11 is 1.81. The maximum absolute atomic E-state index is 4.64. The van der Waals surface area contributed by atoms with Gasteiger partial charge in [-0.1, -0.05) is 19.9 Å². The van der Waals surface area contributed by atoms with Crippen LogP contribution in [0.5, 0.6) is 0 Å². The van der Waals surface area contributed by atoms with Crippen molar-refractivity contribution in [3.05, 3.63) is 34.3 Å². The smallest absolute Gasteiger partial charge is 0.134 e. The van der Waals surface area contributed by atoms with Gasteiger partial charge in [0.15, 0.2) is 0 Å². The molecule has 0 spiro atoms. The highest BCUT2D eigenvalue weighted by Gasteiger charge is 2.08. The number of aromatic nitrogens is 2. The van der Waals surface area contributed by atoms with Crippen LogP contribution in [0.25, 0.3) is 0 Å². The van der Waals surface area contributed by atoms with Gasteiger partial charge in [-0.15, -0.1) is 11.3 Å². The van der Waals surface area contributed by atoms with Crippen molar-refractivity contribution in [3.63, 3.8) is 0 Å². The van der Waals surface area contributed by atoms with E-state index in [2.05, 4.69) is 58.6 Å². The largest absolute Gasteiger partial charge is 0.370 e. The highest BCUT2D eigenvalue weighted by Crippen LogP contribution is 2.17. The topological polar surface area (TPSA) is 41.0 Å². The lowest BCUT2D eigenvalue weighted by atomic mass is 10.3. The summed E-state index contributed by atoms with van der Waals surface area (Å²) in [6, 6.07) is 6.33. The Morgan fingerprint density at radius 2 is 2.14 bits per heavy atom. The molecule has 2 rings (SSSR count). The molecule has 0 saturated heterocycles. The third kappa shape index (κ3) is 4.70. The number of nitrogens with zero attached hydrogens (tertiary/aromatic N) is 3. The molecule has 1 N–H and O–H groups in total. The van der Waals surface area contributed by atoms with E-state index in [1.807, 2.05) is 17.4 Å². The predicted molar refractivity (Wildman–Crippen MR) is 91.5 cm³/mol. The monoisotopic (exact) mass is 304 g/mol. The number of likely N-dealkylation sites (N-methyl/N-ethyl adjacent to an activating group) is 1. The molecule has 0 saturated carbocycles. The van der Waals surface area contributed by atoms with E-state index in [1.165, 1.54) is 4.88 Å². The molecule has 0 fully saturated rings. The summed E-state index contributed by atoms with van der Waals surface area (Å²) in [4.78, 5) is 12.8. The molecule has 114 valence electrons. The van der Waals surface area contributed by atoms with Crippen molar-refractivity contribution in [2.75, 3.05) is 30.4 Å². The molecule has 21 heavy (non-hydrogen) atoms. The second kappa shape index (κ2) is 7.98. The first-order valence-electron chi connectivity index (χ1n) is 7.58. The zero-order valence-electron chi connectivity index (χ0n) is 13.1. The molecule has 0 aliphatic rings. The van der Waals surface area contributed by atoms with Crippen LogP contribution < -0.4 is 10.2 Å². The number of thiophene rings is 1. The maximum atomic E-state index is 4.64. The average molecular weight is 304 g/mol. The summed E-state index contributed by atoms with van der Waals surface area (Å²) in [7, 11) is 2.10. The summed E-state index contributed by atoms with van der Waals surface area (Å²) in [6.07, 6.45) is 3.00. The number of nitrogens with one attached hydrogen (secondary N) is 1. The normalized spacial score (nSPS) is 10.6. The highest BCUT2D eigenvalue weighted by molar-refractivity contribution is 7.09. The molecule has 2 heterocycles. The molecular formula is C16H24N4S. The quantitative estimate of drug-likeness (QED) is 0.809. The standard InChI is InChI=1S/C16H24N4S/c1-4-9-17-15-12-16(19-14(5-2)18-15)20(3)10-8-13-7-6-11-21-13/h6-7,11-12H,4-5,8-10H2,1-3H3,(H,17,18,19). The summed E-state index contributed by atoms with van der Waals surface area (Å²) in [5.74, 6) is 2.83. The van der Waals surface area contributed by atoms with Crippen LogP contribution in [0.2, 0.25) is 0 Å². The maximum Gasteiger partial charge on any atom is 0.134 e. The highest BCUT2D eigenvalue weighted by atomic mass is 32.1. The van der Waals surface area contributed by atoms with E-state index in [4.69, 9.17) is 0 Å². The van der Waals surface area contributed by atoms with Gasteiger partial charge in [-0.3, -0.25) is 0 Å². The molecule has 2 aromatic rings. The minimum absolute atomic E-state index is 0.855. The summed E-state index contributed by atoms with van der Waals surface area (Å²) in [6.45, 7) is 6.16. The molecule has 0 unspecified atom stereocenters. The average Bonchev–Trinajstić information content (AvgIpc) is 3.03. The fraction of sp³-hybridized carbons (Fsp3) is 0.500. The zero-order valence-corrected chi connectivity index (χ0v) is 13.9. The van der Waals surface area contributed by atoms with Gasteiger partial charge < -0.3 is 10.2 Å². The van der Waals surface area contributed by atoms with Crippen LogP contribution in [-0.2, 0) is 12.8 Å². The second-order valence-electron chi connectivity index (χ2n) is 5.06. The van der Waals surface area contributed by atoms with Crippen LogP contribution >= 0.6 is 11.3 Å². The van der Waals surface area contributed by atoms with Gasteiger partial charge in [0, 0.05) is 37.5 Å². The molecule has 0 aliphatic heterocycles. The zero-order chi connectivity index (χ0) is 15.1. The van der Waals surface area contributed by atoms with Gasteiger partial charge in [0.1, 0.15) is 17.5 Å². The van der Waals surface area contributed by atoms with Gasteiger partial charge in [-0.25, -0.2) is 9.97 Å². The summed E-state index contributed by atoms with van der Waals surface area (Å²) in [5, 5.41) is 5.49. The SMILES string of the molecule is CCCNc1cc(N(C)CCc2cccs2)nc(CC)n1. The molecule has 0 amide bonds. The minimum atomic E-state index is 0.855. The van der Waals surface area contributed by atoms with Gasteiger partial charge in [-0.05, 0) is 24.3 Å². The number of rotatable bonds is 8. The van der Waals surface area contributed by atoms with E-state index in [0.717, 1.165) is 49.8 Å². The fourth-order valence-electron chi connectivity index (χ4n) is 2.03. The van der Waals surface area contributed by atoms with Crippen LogP contribution in [0.15, 0.2) is 23.6 Å². The molecular weight excluding hydrogens is 280 g/mol. The Bertz CT molecular complexity index is 539. The van der Waals surface area contributed by atoms with Crippen molar-refractivity contribution in [3.8, 4) is 0 Å². The fourth-order valence-corrected chi connectivity index (χ4v) is 2.73. The van der Waals surface area contributed by atoms with Crippen LogP contribution in [0.1, 0.15) is 31.0 Å². The molecule has 5 heteroatoms. The van der Waals surface area contributed by atoms with Gasteiger partial charge in [0.05, 0.1) is 0 Å². The van der Waals surface area contributed by atoms with Crippen LogP contribution in [0.3, 0.4) is 0 Å². The van der Waals surface area contributed by atoms with Crippen LogP contribution in [0, 0.1) is 0 Å². The van der Waals surface area contributed by atoms with Crippen molar-refractivity contribution in [2.45, 2.75) is 33.1 Å². The summed E-state index contributed by atoms with van der Waals surface area (Å²) < 4.78 is 0. The molecule has 0 atom stereocenters. The first-order chi connectivity index (χ1) is 10.2. The first-order valence-corrected chi connectivity index (χ1v) is 8.46. The number of hydrogen-bond acceptors (Lipinski definition) is 5. The molecule has 2 aromatic heterocycles. The predicted octanol–water partition coefficient (Wildman–Crippen LogP) is 3.60. The molecule has 0 radical (unpaired) electrons. The van der Waals surface area contributed by atoms with E-state index < -0.39 is 0 Å². The van der Waals surface area contributed by atoms with Gasteiger partial charge in [0.2, 0.25) is 0 Å². The van der Waals surface area contributed by atoms with E-state index >= 15 is 0 Å². The molecule has 0 aromatic carbocycles. The number of hydrogen-bond donors (Lipinski definition) is 1. The third-order valence-corrected chi connectivity index (χ3v) is 4.23. The van der Waals surface area contributed by atoms with Crippen LogP contribution in [-0.4, -0.2) is 30.1 Å². The lowest BCUT2D eigenvalue weighted by molar-refractivity contribution is 0.841. The van der Waals surface area contributed by atoms with Crippen molar-refractivity contribution >= 4 is 23.0 Å². The van der Waals surface area contributed by atoms with E-state index in [9.17, 15) is 0 Å². The van der Waals surface area contributed by atoms with E-state index in [-0.39, 0.29) is 0 Å². The number of anilines is 2. The number of aryl methyl sites for hydroxylation is 1. The minimum Gasteiger partial charge on any atom is -0.370 e. The Morgan fingerprint density at radius 1 is 1.29 bits per heavy atom. The van der Waals surface area contributed by atoms with E-state index in [0.29, 0.717) is 0 Å².